The molecule has 0 saturated carbocycles. The molecule has 1 atom stereocenters. The number of hydrogen-bond donors (Lipinski definition) is 1. The Hall–Kier alpha value is -1.47. The third-order valence-corrected chi connectivity index (χ3v) is 3.89. The van der Waals surface area contributed by atoms with E-state index in [2.05, 4.69) is 42.6 Å². The normalized spacial score (nSPS) is 17.6. The summed E-state index contributed by atoms with van der Waals surface area (Å²) in [4.78, 5) is 0. The minimum Gasteiger partial charge on any atom is -0.378 e. The number of nitrogens with one attached hydrogen (secondary N) is 1. The summed E-state index contributed by atoms with van der Waals surface area (Å²) < 4.78 is 0. The molecule has 2 aromatic rings. The monoisotopic (exact) mass is 257 g/mol. The van der Waals surface area contributed by atoms with Crippen LogP contribution in [0.3, 0.4) is 0 Å². The lowest BCUT2D eigenvalue weighted by atomic mass is 10.1. The van der Waals surface area contributed by atoms with Gasteiger partial charge in [-0.25, -0.2) is 0 Å². The van der Waals surface area contributed by atoms with E-state index >= 15 is 0 Å². The van der Waals surface area contributed by atoms with E-state index < -0.39 is 0 Å². The molecule has 2 aromatic carbocycles. The molecule has 1 aliphatic rings. The van der Waals surface area contributed by atoms with E-state index in [9.17, 15) is 0 Å². The van der Waals surface area contributed by atoms with Crippen LogP contribution in [-0.4, -0.2) is 0 Å². The van der Waals surface area contributed by atoms with Crippen LogP contribution in [0, 0.1) is 6.92 Å². The molecule has 0 heterocycles. The molecular weight excluding hydrogens is 242 g/mol. The summed E-state index contributed by atoms with van der Waals surface area (Å²) in [7, 11) is 0. The number of halogens is 1. The Morgan fingerprint density at radius 2 is 2.00 bits per heavy atom. The van der Waals surface area contributed by atoms with Crippen molar-refractivity contribution in [2.24, 2.45) is 0 Å². The number of rotatable bonds is 2. The average Bonchev–Trinajstić information content (AvgIpc) is 2.76. The summed E-state index contributed by atoms with van der Waals surface area (Å²) >= 11 is 5.99. The van der Waals surface area contributed by atoms with Crippen LogP contribution in [0.5, 0.6) is 0 Å². The number of aryl methyl sites for hydroxylation is 2. The van der Waals surface area contributed by atoms with Crippen LogP contribution >= 0.6 is 11.6 Å². The molecule has 3 rings (SSSR count). The van der Waals surface area contributed by atoms with Gasteiger partial charge in [-0.15, -0.1) is 0 Å². The summed E-state index contributed by atoms with van der Waals surface area (Å²) in [6.45, 7) is 2.09. The van der Waals surface area contributed by atoms with Crippen LogP contribution in [0.15, 0.2) is 42.5 Å². The van der Waals surface area contributed by atoms with Crippen LogP contribution in [0.2, 0.25) is 5.02 Å². The highest BCUT2D eigenvalue weighted by Gasteiger charge is 2.21. The molecule has 0 saturated heterocycles. The maximum absolute atomic E-state index is 5.99. The molecule has 0 bridgehead atoms. The smallest absolute Gasteiger partial charge is 0.0519 e. The van der Waals surface area contributed by atoms with Gasteiger partial charge in [0.25, 0.3) is 0 Å². The van der Waals surface area contributed by atoms with Gasteiger partial charge >= 0.3 is 0 Å². The molecule has 1 nitrogen and oxygen atoms in total. The van der Waals surface area contributed by atoms with Gasteiger partial charge in [0.1, 0.15) is 0 Å². The van der Waals surface area contributed by atoms with E-state index in [4.69, 9.17) is 11.6 Å². The largest absolute Gasteiger partial charge is 0.378 e. The Morgan fingerprint density at radius 1 is 1.17 bits per heavy atom. The van der Waals surface area contributed by atoms with E-state index in [0.717, 1.165) is 5.02 Å². The van der Waals surface area contributed by atoms with Gasteiger partial charge in [-0.3, -0.25) is 0 Å². The highest BCUT2D eigenvalue weighted by molar-refractivity contribution is 6.30. The molecule has 0 aromatic heterocycles. The van der Waals surface area contributed by atoms with Crippen LogP contribution in [0.25, 0.3) is 0 Å². The van der Waals surface area contributed by atoms with Gasteiger partial charge in [-0.05, 0) is 54.7 Å². The van der Waals surface area contributed by atoms with E-state index in [1.807, 2.05) is 12.1 Å². The maximum atomic E-state index is 5.99. The lowest BCUT2D eigenvalue weighted by Gasteiger charge is -2.17. The number of fused-ring (bicyclic) bond motifs is 1. The van der Waals surface area contributed by atoms with Gasteiger partial charge < -0.3 is 5.32 Å². The van der Waals surface area contributed by atoms with E-state index in [0.29, 0.717) is 6.04 Å². The molecule has 0 radical (unpaired) electrons. The fraction of sp³-hybridized carbons (Fsp3) is 0.250. The van der Waals surface area contributed by atoms with Crippen LogP contribution in [-0.2, 0) is 6.42 Å². The molecule has 1 unspecified atom stereocenters. The molecule has 1 aliphatic carbocycles. The standard InChI is InChI=1S/C16H16ClN/c1-11-10-13(17)7-9-15(11)18-16-8-6-12-4-2-3-5-14(12)16/h2-5,7,9-10,16,18H,6,8H2,1H3. The predicted molar refractivity (Wildman–Crippen MR) is 77.3 cm³/mol. The summed E-state index contributed by atoms with van der Waals surface area (Å²) in [6, 6.07) is 15.1. The van der Waals surface area contributed by atoms with Crippen LogP contribution < -0.4 is 5.32 Å². The molecule has 2 heteroatoms. The van der Waals surface area contributed by atoms with Gasteiger partial charge in [-0.2, -0.15) is 0 Å². The zero-order chi connectivity index (χ0) is 12.5. The van der Waals surface area contributed by atoms with Gasteiger partial charge in [0.2, 0.25) is 0 Å². The molecule has 0 spiro atoms. The van der Waals surface area contributed by atoms with Gasteiger partial charge in [0.15, 0.2) is 0 Å². The molecule has 0 aliphatic heterocycles. The van der Waals surface area contributed by atoms with Crippen molar-refractivity contribution >= 4 is 17.3 Å². The lowest BCUT2D eigenvalue weighted by molar-refractivity contribution is 0.761. The quantitative estimate of drug-likeness (QED) is 0.819. The van der Waals surface area contributed by atoms with Crippen molar-refractivity contribution in [2.75, 3.05) is 5.32 Å². The fourth-order valence-corrected chi connectivity index (χ4v) is 2.91. The summed E-state index contributed by atoms with van der Waals surface area (Å²) in [6.07, 6.45) is 2.34. The second-order valence-corrected chi connectivity index (χ2v) is 5.33. The zero-order valence-electron chi connectivity index (χ0n) is 10.4. The Bertz CT molecular complexity index is 577. The first kappa shape index (κ1) is 11.6. The maximum Gasteiger partial charge on any atom is 0.0519 e. The molecule has 1 N–H and O–H groups in total. The molecule has 0 fully saturated rings. The molecule has 0 amide bonds. The predicted octanol–water partition coefficient (Wildman–Crippen LogP) is 4.75. The van der Waals surface area contributed by atoms with Crippen molar-refractivity contribution in [1.29, 1.82) is 0 Å². The molecule has 18 heavy (non-hydrogen) atoms. The SMILES string of the molecule is Cc1cc(Cl)ccc1NC1CCc2ccccc21. The summed E-state index contributed by atoms with van der Waals surface area (Å²) in [5, 5.41) is 4.43. The number of benzene rings is 2. The third kappa shape index (κ3) is 2.11. The van der Waals surface area contributed by atoms with Crippen molar-refractivity contribution in [2.45, 2.75) is 25.8 Å². The zero-order valence-corrected chi connectivity index (χ0v) is 11.2. The van der Waals surface area contributed by atoms with Crippen LogP contribution in [0.1, 0.15) is 29.2 Å². The Balaban J connectivity index is 1.86. The van der Waals surface area contributed by atoms with Crippen molar-refractivity contribution < 1.29 is 0 Å². The Labute approximate surface area is 113 Å². The second kappa shape index (κ2) is 4.66. The van der Waals surface area contributed by atoms with Crippen molar-refractivity contribution in [3.63, 3.8) is 0 Å². The lowest BCUT2D eigenvalue weighted by Crippen LogP contribution is -2.07. The average molecular weight is 258 g/mol. The van der Waals surface area contributed by atoms with E-state index in [1.54, 1.807) is 0 Å². The van der Waals surface area contributed by atoms with Gasteiger partial charge in [-0.1, -0.05) is 35.9 Å². The van der Waals surface area contributed by atoms with Gasteiger partial charge in [0, 0.05) is 10.7 Å². The fourth-order valence-electron chi connectivity index (χ4n) is 2.68. The van der Waals surface area contributed by atoms with E-state index in [-0.39, 0.29) is 0 Å². The minimum atomic E-state index is 0.432. The Morgan fingerprint density at radius 3 is 2.83 bits per heavy atom. The van der Waals surface area contributed by atoms with Crippen LogP contribution in [0.4, 0.5) is 5.69 Å². The first-order valence-electron chi connectivity index (χ1n) is 6.34. The Kier molecular flexibility index (Phi) is 3.00. The van der Waals surface area contributed by atoms with E-state index in [1.165, 1.54) is 35.2 Å². The van der Waals surface area contributed by atoms with Gasteiger partial charge in [0.05, 0.1) is 6.04 Å². The molecular formula is C16H16ClN. The third-order valence-electron chi connectivity index (χ3n) is 3.65. The highest BCUT2D eigenvalue weighted by atomic mass is 35.5. The number of anilines is 1. The first-order chi connectivity index (χ1) is 8.74. The topological polar surface area (TPSA) is 12.0 Å². The highest BCUT2D eigenvalue weighted by Crippen LogP contribution is 2.34. The van der Waals surface area contributed by atoms with Crippen molar-refractivity contribution in [3.8, 4) is 0 Å². The minimum absolute atomic E-state index is 0.432. The summed E-state index contributed by atoms with van der Waals surface area (Å²) in [5.74, 6) is 0. The second-order valence-electron chi connectivity index (χ2n) is 4.89. The number of hydrogen-bond acceptors (Lipinski definition) is 1. The molecule has 92 valence electrons. The summed E-state index contributed by atoms with van der Waals surface area (Å²) in [5.41, 5.74) is 5.29. The van der Waals surface area contributed by atoms with Crippen molar-refractivity contribution in [1.82, 2.24) is 0 Å². The first-order valence-corrected chi connectivity index (χ1v) is 6.72. The van der Waals surface area contributed by atoms with Crippen molar-refractivity contribution in [3.05, 3.63) is 64.2 Å².